The molecule has 0 aliphatic carbocycles. The number of ether oxygens (including phenoxy) is 1. The highest BCUT2D eigenvalue weighted by Crippen LogP contribution is 2.30. The van der Waals surface area contributed by atoms with Crippen LogP contribution in [0.3, 0.4) is 0 Å². The monoisotopic (exact) mass is 492 g/mol. The maximum absolute atomic E-state index is 13.4. The first kappa shape index (κ1) is 24.6. The molecule has 12 heteroatoms. The largest absolute Gasteiger partial charge is 0.536 e. The summed E-state index contributed by atoms with van der Waals surface area (Å²) in [6, 6.07) is 16.7. The van der Waals surface area contributed by atoms with Gasteiger partial charge in [-0.25, -0.2) is 9.79 Å². The number of hydrogen-bond donors (Lipinski definition) is 0. The zero-order chi connectivity index (χ0) is 24.8. The van der Waals surface area contributed by atoms with Crippen molar-refractivity contribution in [1.29, 1.82) is 0 Å². The van der Waals surface area contributed by atoms with E-state index in [9.17, 15) is 31.2 Å². The highest BCUT2D eigenvalue weighted by Gasteiger charge is 2.49. The first-order valence-electron chi connectivity index (χ1n) is 9.52. The molecule has 0 aromatic heterocycles. The maximum atomic E-state index is 13.4. The number of rotatable bonds is 9. The molecule has 0 spiro atoms. The Labute approximate surface area is 191 Å². The number of isocyanates is 1. The number of benzene rings is 3. The molecule has 34 heavy (non-hydrogen) atoms. The zero-order valence-electron chi connectivity index (χ0n) is 17.2. The third-order valence-corrected chi connectivity index (χ3v) is 5.26. The van der Waals surface area contributed by atoms with Crippen molar-refractivity contribution >= 4 is 38.5 Å². The standard InChI is InChI=1S/C22H15F3N2O6S/c23-22(24,25)34(30,31)33-27-20(15-6-2-1-3-7-15)21(29)18-10-11-19(32-13-12-26-14-28)17-9-5-4-8-16(17)18/h1-11H,12-13H2/b27-20+. The lowest BCUT2D eigenvalue weighted by Crippen LogP contribution is -2.25. The molecular weight excluding hydrogens is 477 g/mol. The molecule has 3 aromatic carbocycles. The third-order valence-electron chi connectivity index (χ3n) is 4.43. The molecule has 176 valence electrons. The Bertz CT molecular complexity index is 1380. The highest BCUT2D eigenvalue weighted by atomic mass is 32.2. The van der Waals surface area contributed by atoms with Gasteiger partial charge in [0.2, 0.25) is 11.9 Å². The smallest absolute Gasteiger partial charge is 0.491 e. The Morgan fingerprint density at radius 3 is 2.24 bits per heavy atom. The second kappa shape index (κ2) is 10.3. The van der Waals surface area contributed by atoms with Gasteiger partial charge in [0.1, 0.15) is 12.4 Å². The lowest BCUT2D eigenvalue weighted by atomic mass is 9.95. The first-order chi connectivity index (χ1) is 16.2. The van der Waals surface area contributed by atoms with Gasteiger partial charge in [-0.15, -0.1) is 0 Å². The number of alkyl halides is 3. The van der Waals surface area contributed by atoms with Crippen LogP contribution < -0.4 is 4.74 Å². The van der Waals surface area contributed by atoms with E-state index >= 15 is 0 Å². The van der Waals surface area contributed by atoms with E-state index in [1.54, 1.807) is 30.3 Å². The fourth-order valence-electron chi connectivity index (χ4n) is 2.92. The average Bonchev–Trinajstić information content (AvgIpc) is 2.81. The van der Waals surface area contributed by atoms with Gasteiger partial charge < -0.3 is 4.74 Å². The van der Waals surface area contributed by atoms with Crippen molar-refractivity contribution in [2.45, 2.75) is 5.51 Å². The van der Waals surface area contributed by atoms with Gasteiger partial charge in [-0.05, 0) is 17.5 Å². The molecule has 0 aliphatic rings. The van der Waals surface area contributed by atoms with Gasteiger partial charge in [0.25, 0.3) is 0 Å². The van der Waals surface area contributed by atoms with Gasteiger partial charge in [-0.1, -0.05) is 59.8 Å². The fraction of sp³-hybridized carbons (Fsp3) is 0.136. The minimum atomic E-state index is -6.08. The molecule has 0 fully saturated rings. The molecule has 0 unspecified atom stereocenters. The molecule has 0 N–H and O–H groups in total. The number of halogens is 3. The van der Waals surface area contributed by atoms with Crippen molar-refractivity contribution in [3.63, 3.8) is 0 Å². The lowest BCUT2D eigenvalue weighted by molar-refractivity contribution is -0.0540. The fourth-order valence-corrected chi connectivity index (χ4v) is 3.18. The van der Waals surface area contributed by atoms with Gasteiger partial charge in [-0.3, -0.25) is 9.08 Å². The van der Waals surface area contributed by atoms with Crippen LogP contribution in [0.5, 0.6) is 5.75 Å². The van der Waals surface area contributed by atoms with Gasteiger partial charge in [0, 0.05) is 16.5 Å². The van der Waals surface area contributed by atoms with Crippen molar-refractivity contribution in [3.8, 4) is 5.75 Å². The van der Waals surface area contributed by atoms with E-state index in [2.05, 4.69) is 14.4 Å². The Morgan fingerprint density at radius 2 is 1.59 bits per heavy atom. The number of ketones is 1. The molecule has 0 radical (unpaired) electrons. The number of fused-ring (bicyclic) bond motifs is 1. The minimum absolute atomic E-state index is 0.0180. The number of carbonyl (C=O) groups excluding carboxylic acids is 2. The van der Waals surface area contributed by atoms with E-state index in [1.165, 1.54) is 42.5 Å². The maximum Gasteiger partial charge on any atom is 0.536 e. The SMILES string of the molecule is O=C=NCCOc1ccc(C(=O)/C(=N/OS(=O)(=O)C(F)(F)F)c2ccccc2)c2ccccc12. The summed E-state index contributed by atoms with van der Waals surface area (Å²) in [6.07, 6.45) is 1.39. The predicted octanol–water partition coefficient (Wildman–Crippen LogP) is 4.01. The van der Waals surface area contributed by atoms with Crippen LogP contribution in [0, 0.1) is 0 Å². The summed E-state index contributed by atoms with van der Waals surface area (Å²) in [5.41, 5.74) is -6.31. The number of aliphatic imine (C=N–C) groups is 1. The molecule has 0 heterocycles. The molecule has 0 saturated carbocycles. The second-order valence-electron chi connectivity index (χ2n) is 6.59. The van der Waals surface area contributed by atoms with Crippen LogP contribution >= 0.6 is 0 Å². The zero-order valence-corrected chi connectivity index (χ0v) is 18.0. The topological polar surface area (TPSA) is 111 Å². The number of Topliss-reactive ketones (excluding diaryl/α,β-unsaturated/α-hetero) is 1. The van der Waals surface area contributed by atoms with Crippen molar-refractivity contribution in [2.24, 2.45) is 10.1 Å². The third kappa shape index (κ3) is 5.48. The minimum Gasteiger partial charge on any atom is -0.491 e. The molecule has 0 amide bonds. The van der Waals surface area contributed by atoms with Gasteiger partial charge in [0.05, 0.1) is 6.54 Å². The molecule has 0 saturated heterocycles. The summed E-state index contributed by atoms with van der Waals surface area (Å²) in [5.74, 6) is -0.515. The molecule has 0 bridgehead atoms. The Kier molecular flexibility index (Phi) is 7.44. The van der Waals surface area contributed by atoms with E-state index in [-0.39, 0.29) is 24.3 Å². The van der Waals surface area contributed by atoms with Crippen LogP contribution in [0.1, 0.15) is 15.9 Å². The number of oxime groups is 1. The van der Waals surface area contributed by atoms with E-state index in [0.29, 0.717) is 16.5 Å². The first-order valence-corrected chi connectivity index (χ1v) is 10.9. The van der Waals surface area contributed by atoms with Gasteiger partial charge in [-0.2, -0.15) is 21.6 Å². The summed E-state index contributed by atoms with van der Waals surface area (Å²) >= 11 is 0. The summed E-state index contributed by atoms with van der Waals surface area (Å²) in [7, 11) is -6.08. The Morgan fingerprint density at radius 1 is 0.941 bits per heavy atom. The number of carbonyl (C=O) groups is 1. The van der Waals surface area contributed by atoms with Crippen molar-refractivity contribution in [2.75, 3.05) is 13.2 Å². The predicted molar refractivity (Wildman–Crippen MR) is 116 cm³/mol. The Balaban J connectivity index is 2.07. The average molecular weight is 492 g/mol. The van der Waals surface area contributed by atoms with Crippen LogP contribution in [-0.4, -0.2) is 44.7 Å². The van der Waals surface area contributed by atoms with Gasteiger partial charge in [0.15, 0.2) is 5.71 Å². The second-order valence-corrected chi connectivity index (χ2v) is 8.11. The molecule has 0 aliphatic heterocycles. The highest BCUT2D eigenvalue weighted by molar-refractivity contribution is 7.87. The quantitative estimate of drug-likeness (QED) is 0.111. The van der Waals surface area contributed by atoms with E-state index in [0.717, 1.165) is 0 Å². The van der Waals surface area contributed by atoms with Crippen molar-refractivity contribution in [3.05, 3.63) is 77.9 Å². The molecular formula is C22H15F3N2O6S. The molecule has 8 nitrogen and oxygen atoms in total. The molecule has 3 rings (SSSR count). The number of nitrogens with zero attached hydrogens (tertiary/aromatic N) is 2. The van der Waals surface area contributed by atoms with Crippen LogP contribution in [0.15, 0.2) is 76.9 Å². The molecule has 0 atom stereocenters. The summed E-state index contributed by atoms with van der Waals surface area (Å²) in [6.45, 7) is 0.126. The van der Waals surface area contributed by atoms with E-state index in [4.69, 9.17) is 4.74 Å². The lowest BCUT2D eigenvalue weighted by Gasteiger charge is -2.13. The van der Waals surface area contributed by atoms with Crippen LogP contribution in [0.4, 0.5) is 13.2 Å². The van der Waals surface area contributed by atoms with E-state index < -0.39 is 27.1 Å². The van der Waals surface area contributed by atoms with E-state index in [1.807, 2.05) is 0 Å². The van der Waals surface area contributed by atoms with Crippen LogP contribution in [-0.2, 0) is 19.2 Å². The molecule has 3 aromatic rings. The summed E-state index contributed by atoms with van der Waals surface area (Å²) in [4.78, 5) is 26.9. The van der Waals surface area contributed by atoms with Crippen molar-refractivity contribution < 1.29 is 40.2 Å². The Hall–Kier alpha value is -4.02. The van der Waals surface area contributed by atoms with Crippen LogP contribution in [0.25, 0.3) is 10.8 Å². The van der Waals surface area contributed by atoms with Gasteiger partial charge >= 0.3 is 15.6 Å². The number of hydrogen-bond acceptors (Lipinski definition) is 8. The normalized spacial score (nSPS) is 12.1. The summed E-state index contributed by atoms with van der Waals surface area (Å²) in [5, 5.41) is 3.94. The summed E-state index contributed by atoms with van der Waals surface area (Å²) < 4.78 is 70.2. The van der Waals surface area contributed by atoms with Crippen molar-refractivity contribution in [1.82, 2.24) is 0 Å². The van der Waals surface area contributed by atoms with Crippen LogP contribution in [0.2, 0.25) is 0 Å².